The normalized spacial score (nSPS) is 12.7. The average molecular weight is 266 g/mol. The topological polar surface area (TPSA) is 51.7 Å². The van der Waals surface area contributed by atoms with Crippen LogP contribution in [0.2, 0.25) is 0 Å². The average Bonchev–Trinajstić information content (AvgIpc) is 1.94. The Morgan fingerprint density at radius 2 is 1.44 bits per heavy atom. The van der Waals surface area contributed by atoms with Crippen LogP contribution in [0, 0.1) is 11.3 Å². The van der Waals surface area contributed by atoms with Crippen molar-refractivity contribution in [3.63, 3.8) is 0 Å². The maximum Gasteiger partial charge on any atom is 0.340 e. The molecule has 0 aliphatic heterocycles. The Morgan fingerprint density at radius 1 is 1.00 bits per heavy atom. The highest BCUT2D eigenvalue weighted by molar-refractivity contribution is 6.33. The number of nitrogens with one attached hydrogen (secondary N) is 2. The van der Waals surface area contributed by atoms with E-state index in [1.807, 2.05) is 20.8 Å². The van der Waals surface area contributed by atoms with Gasteiger partial charge in [0.1, 0.15) is 0 Å². The van der Waals surface area contributed by atoms with Crippen molar-refractivity contribution >= 4 is 11.9 Å². The molecule has 0 atom stereocenters. The first-order valence-corrected chi connectivity index (χ1v) is 4.80. The second kappa shape index (κ2) is 7.65. The van der Waals surface area contributed by atoms with Gasteiger partial charge in [-0.05, 0) is 41.5 Å². The highest BCUT2D eigenvalue weighted by atomic mass is 35.5. The van der Waals surface area contributed by atoms with Gasteiger partial charge < -0.3 is 24.8 Å². The molecule has 0 radical (unpaired) electrons. The van der Waals surface area contributed by atoms with Crippen LogP contribution in [0.1, 0.15) is 41.5 Å². The monoisotopic (exact) mass is 265 g/mol. The molecule has 0 amide bonds. The molecule has 94 valence electrons. The smallest absolute Gasteiger partial charge is 0.340 e. The van der Waals surface area contributed by atoms with Crippen molar-refractivity contribution in [1.82, 2.24) is 0 Å². The van der Waals surface area contributed by atoms with E-state index in [4.69, 9.17) is 5.26 Å². The fourth-order valence-corrected chi connectivity index (χ4v) is 0.789. The third-order valence-electron chi connectivity index (χ3n) is 1.28. The summed E-state index contributed by atoms with van der Waals surface area (Å²) in [7, 11) is 0. The molecule has 5 heteroatoms. The number of nitriles is 1. The Bertz CT molecular complexity index is 288. The molecule has 0 heterocycles. The van der Waals surface area contributed by atoms with Gasteiger partial charge in [0, 0.05) is 0 Å². The van der Waals surface area contributed by atoms with Crippen LogP contribution < -0.4 is 34.8 Å². The van der Waals surface area contributed by atoms with Crippen LogP contribution >= 0.6 is 0 Å². The van der Waals surface area contributed by atoms with Crippen LogP contribution in [0.3, 0.4) is 0 Å². The van der Waals surface area contributed by atoms with Gasteiger partial charge in [0.05, 0.1) is 0 Å². The number of hydrogen-bond acceptors (Lipinski definition) is 1. The van der Waals surface area contributed by atoms with Gasteiger partial charge in [0.15, 0.2) is 17.1 Å². The van der Waals surface area contributed by atoms with E-state index in [1.54, 1.807) is 6.21 Å². The van der Waals surface area contributed by atoms with Crippen LogP contribution in [-0.4, -0.2) is 23.0 Å². The summed E-state index contributed by atoms with van der Waals surface area (Å²) in [6, 6.07) is 2.12. The van der Waals surface area contributed by atoms with Gasteiger partial charge in [-0.25, -0.2) is 9.98 Å². The van der Waals surface area contributed by atoms with Gasteiger partial charge in [-0.1, -0.05) is 0 Å². The summed E-state index contributed by atoms with van der Waals surface area (Å²) in [6.45, 7) is 12.2. The molecule has 0 bridgehead atoms. The van der Waals surface area contributed by atoms with E-state index in [1.165, 1.54) is 0 Å². The first-order valence-electron chi connectivity index (χ1n) is 4.80. The Hall–Kier alpha value is -0.590. The van der Waals surface area contributed by atoms with Crippen LogP contribution in [0.15, 0.2) is 0 Å². The van der Waals surface area contributed by atoms with Gasteiger partial charge in [-0.2, -0.15) is 5.26 Å². The summed E-state index contributed by atoms with van der Waals surface area (Å²) in [5.74, 6) is 0. The number of hydrogen-bond donors (Lipinski definition) is 2. The first-order chi connectivity index (χ1) is 6.14. The summed E-state index contributed by atoms with van der Waals surface area (Å²) in [4.78, 5) is 6.26. The maximum absolute atomic E-state index is 8.87. The molecular weight excluding hydrogens is 245 g/mol. The molecule has 0 unspecified atom stereocenters. The lowest BCUT2D eigenvalue weighted by atomic mass is 10.1. The molecule has 2 N–H and O–H groups in total. The van der Waals surface area contributed by atoms with E-state index in [-0.39, 0.29) is 35.9 Å². The van der Waals surface area contributed by atoms with Gasteiger partial charge in [0.25, 0.3) is 0 Å². The summed E-state index contributed by atoms with van der Waals surface area (Å²) >= 11 is 0. The van der Waals surface area contributed by atoms with Crippen molar-refractivity contribution in [2.24, 2.45) is 0 Å². The molecule has 0 aromatic rings. The minimum Gasteiger partial charge on any atom is -1.00 e. The predicted molar refractivity (Wildman–Crippen MR) is 58.1 cm³/mol. The molecule has 0 saturated carbocycles. The molecule has 0 rings (SSSR count). The Balaban J connectivity index is -0.000000845. The molecule has 0 aromatic heterocycles. The van der Waals surface area contributed by atoms with Crippen LogP contribution in [0.5, 0.6) is 0 Å². The summed E-state index contributed by atoms with van der Waals surface area (Å²) in [5, 5.41) is 8.87. The Labute approximate surface area is 111 Å². The molecule has 0 aliphatic rings. The number of rotatable bonds is 1. The highest BCUT2D eigenvalue weighted by Gasteiger charge is 2.19. The van der Waals surface area contributed by atoms with Crippen LogP contribution in [0.25, 0.3) is 0 Å². The van der Waals surface area contributed by atoms with Crippen molar-refractivity contribution in [3.8, 4) is 6.07 Å². The third kappa shape index (κ3) is 13.4. The van der Waals surface area contributed by atoms with Gasteiger partial charge in [-0.15, -0.1) is 0 Å². The van der Waals surface area contributed by atoms with Gasteiger partial charge in [0.2, 0.25) is 6.21 Å². The molecule has 3 nitrogen and oxygen atoms in total. The molecular formula is C11H21Cl2N3. The summed E-state index contributed by atoms with van der Waals surface area (Å²) < 4.78 is 0. The zero-order chi connectivity index (χ0) is 11.4. The molecule has 16 heavy (non-hydrogen) atoms. The quantitative estimate of drug-likeness (QED) is 0.455. The van der Waals surface area contributed by atoms with E-state index < -0.39 is 0 Å². The molecule has 0 saturated heterocycles. The largest absolute Gasteiger partial charge is 1.00 e. The molecule has 0 fully saturated rings. The van der Waals surface area contributed by atoms with Crippen molar-refractivity contribution in [1.29, 1.82) is 5.26 Å². The summed E-state index contributed by atoms with van der Waals surface area (Å²) in [5.41, 5.74) is 0.468. The predicted octanol–water partition coefficient (Wildman–Crippen LogP) is -7.21. The second-order valence-corrected chi connectivity index (χ2v) is 5.44. The SMILES string of the molecule is CC(C)(C)[NH+]=CC(C#N)=[NH+]C(C)(C)C.[Cl-].[Cl-]. The highest BCUT2D eigenvalue weighted by Crippen LogP contribution is 1.87. The third-order valence-corrected chi connectivity index (χ3v) is 1.28. The van der Waals surface area contributed by atoms with Crippen molar-refractivity contribution in [2.45, 2.75) is 52.6 Å². The van der Waals surface area contributed by atoms with E-state index in [0.717, 1.165) is 0 Å². The van der Waals surface area contributed by atoms with Crippen molar-refractivity contribution in [3.05, 3.63) is 0 Å². The van der Waals surface area contributed by atoms with Crippen molar-refractivity contribution in [2.75, 3.05) is 0 Å². The summed E-state index contributed by atoms with van der Waals surface area (Å²) in [6.07, 6.45) is 1.73. The Kier molecular flexibility index (Phi) is 9.93. The van der Waals surface area contributed by atoms with Gasteiger partial charge in [-0.3, -0.25) is 0 Å². The fraction of sp³-hybridized carbons (Fsp3) is 0.727. The van der Waals surface area contributed by atoms with Crippen molar-refractivity contribution < 1.29 is 34.8 Å². The second-order valence-electron chi connectivity index (χ2n) is 5.44. The van der Waals surface area contributed by atoms with E-state index in [0.29, 0.717) is 5.71 Å². The zero-order valence-corrected chi connectivity index (χ0v) is 12.3. The molecule has 0 aromatic carbocycles. The molecule has 0 aliphatic carbocycles. The van der Waals surface area contributed by atoms with E-state index >= 15 is 0 Å². The number of nitrogens with zero attached hydrogens (tertiary/aromatic N) is 1. The zero-order valence-electron chi connectivity index (χ0n) is 10.8. The standard InChI is InChI=1S/C11H19N3.2ClH/c1-10(2,3)13-8-9(7-12)14-11(4,5)6;;/h8H,1-6H3;2*1H. The van der Waals surface area contributed by atoms with Crippen LogP contribution in [-0.2, 0) is 0 Å². The first kappa shape index (κ1) is 20.8. The minimum absolute atomic E-state index is 0. The van der Waals surface area contributed by atoms with E-state index in [2.05, 4.69) is 36.8 Å². The lowest BCUT2D eigenvalue weighted by molar-refractivity contribution is -0.548. The maximum atomic E-state index is 8.87. The lowest BCUT2D eigenvalue weighted by Gasteiger charge is -2.05. The van der Waals surface area contributed by atoms with Gasteiger partial charge >= 0.3 is 5.71 Å². The number of halogens is 2. The fourth-order valence-electron chi connectivity index (χ4n) is 0.789. The van der Waals surface area contributed by atoms with E-state index in [9.17, 15) is 0 Å². The van der Waals surface area contributed by atoms with Crippen LogP contribution in [0.4, 0.5) is 0 Å². The lowest BCUT2D eigenvalue weighted by Crippen LogP contribution is -3.00. The molecule has 0 spiro atoms. The minimum atomic E-state index is -0.0822. The Morgan fingerprint density at radius 3 is 1.69 bits per heavy atom.